The second-order valence-corrected chi connectivity index (χ2v) is 6.88. The van der Waals surface area contributed by atoms with Crippen LogP contribution in [0.3, 0.4) is 0 Å². The van der Waals surface area contributed by atoms with Crippen molar-refractivity contribution < 1.29 is 8.42 Å². The van der Waals surface area contributed by atoms with E-state index in [0.29, 0.717) is 6.42 Å². The monoisotopic (exact) mass is 269 g/mol. The molecule has 0 aliphatic carbocycles. The van der Waals surface area contributed by atoms with Crippen molar-refractivity contribution in [1.82, 2.24) is 15.3 Å². The normalized spacial score (nSPS) is 17.4. The lowest BCUT2D eigenvalue weighted by Crippen LogP contribution is -2.23. The maximum atomic E-state index is 11.6. The maximum absolute atomic E-state index is 11.6. The molecule has 0 fully saturated rings. The van der Waals surface area contributed by atoms with Gasteiger partial charge in [0.15, 0.2) is 9.84 Å². The number of sulfone groups is 1. The molecule has 1 aromatic rings. The molecule has 0 bridgehead atoms. The topological polar surface area (TPSA) is 72.0 Å². The van der Waals surface area contributed by atoms with Crippen LogP contribution in [-0.2, 0) is 28.4 Å². The van der Waals surface area contributed by atoms with E-state index in [9.17, 15) is 8.42 Å². The van der Waals surface area contributed by atoms with Gasteiger partial charge in [0, 0.05) is 29.8 Å². The Morgan fingerprint density at radius 1 is 1.33 bits per heavy atom. The Hall–Kier alpha value is -1.01. The number of aromatic nitrogens is 2. The fraction of sp³-hybridized carbons (Fsp3) is 0.667. The molecule has 1 N–H and O–H groups in total. The minimum absolute atomic E-state index is 0.102. The summed E-state index contributed by atoms with van der Waals surface area (Å²) in [5, 5.41) is 3.09. The molecule has 2 heterocycles. The first-order chi connectivity index (χ1) is 8.52. The van der Waals surface area contributed by atoms with Gasteiger partial charge in [0.05, 0.1) is 11.5 Å². The van der Waals surface area contributed by atoms with E-state index in [1.807, 2.05) is 14.0 Å². The average Bonchev–Trinajstić information content (AvgIpc) is 2.30. The van der Waals surface area contributed by atoms with Crippen molar-refractivity contribution in [3.05, 3.63) is 22.8 Å². The lowest BCUT2D eigenvalue weighted by Gasteiger charge is -2.18. The second kappa shape index (κ2) is 5.32. The molecule has 0 aromatic carbocycles. The highest BCUT2D eigenvalue weighted by Gasteiger charge is 2.24. The molecule has 5 nitrogen and oxygen atoms in total. The van der Waals surface area contributed by atoms with Crippen LogP contribution in [-0.4, -0.2) is 37.7 Å². The van der Waals surface area contributed by atoms with Gasteiger partial charge in [-0.2, -0.15) is 0 Å². The molecule has 0 spiro atoms. The molecule has 100 valence electrons. The molecular formula is C12H19N3O2S. The van der Waals surface area contributed by atoms with Crippen molar-refractivity contribution in [2.45, 2.75) is 31.9 Å². The summed E-state index contributed by atoms with van der Waals surface area (Å²) in [4.78, 5) is 8.93. The van der Waals surface area contributed by atoms with Crippen molar-refractivity contribution in [2.75, 3.05) is 19.3 Å². The van der Waals surface area contributed by atoms with Gasteiger partial charge in [-0.1, -0.05) is 0 Å². The Labute approximate surface area is 108 Å². The van der Waals surface area contributed by atoms with Gasteiger partial charge in [-0.15, -0.1) is 0 Å². The quantitative estimate of drug-likeness (QED) is 0.802. The lowest BCUT2D eigenvalue weighted by molar-refractivity contribution is 0.589. The molecule has 2 rings (SSSR count). The third-order valence-corrected chi connectivity index (χ3v) is 4.74. The maximum Gasteiger partial charge on any atom is 0.154 e. The number of rotatable bonds is 4. The third-order valence-electron chi connectivity index (χ3n) is 3.19. The van der Waals surface area contributed by atoms with E-state index in [-0.39, 0.29) is 11.5 Å². The number of nitrogens with zero attached hydrogens (tertiary/aromatic N) is 2. The van der Waals surface area contributed by atoms with Crippen molar-refractivity contribution in [3.63, 3.8) is 0 Å². The summed E-state index contributed by atoms with van der Waals surface area (Å²) >= 11 is 0. The summed E-state index contributed by atoms with van der Waals surface area (Å²) in [7, 11) is -1.02. The van der Waals surface area contributed by atoms with Crippen LogP contribution in [0, 0.1) is 6.92 Å². The second-order valence-electron chi connectivity index (χ2n) is 4.70. The van der Waals surface area contributed by atoms with Crippen molar-refractivity contribution in [2.24, 2.45) is 0 Å². The number of fused-ring (bicyclic) bond motifs is 1. The summed E-state index contributed by atoms with van der Waals surface area (Å²) in [6, 6.07) is 0. The predicted octanol–water partition coefficient (Wildman–Crippen LogP) is 0.408. The Morgan fingerprint density at radius 3 is 2.83 bits per heavy atom. The van der Waals surface area contributed by atoms with Gasteiger partial charge >= 0.3 is 0 Å². The Morgan fingerprint density at radius 2 is 2.11 bits per heavy atom. The smallest absolute Gasteiger partial charge is 0.154 e. The summed E-state index contributed by atoms with van der Waals surface area (Å²) in [6.45, 7) is 2.82. The number of aryl methyl sites for hydroxylation is 3. The van der Waals surface area contributed by atoms with Gasteiger partial charge in [-0.05, 0) is 26.9 Å². The van der Waals surface area contributed by atoms with Gasteiger partial charge < -0.3 is 5.32 Å². The Balaban J connectivity index is 2.22. The Bertz CT molecular complexity index is 540. The third kappa shape index (κ3) is 3.05. The highest BCUT2D eigenvalue weighted by Crippen LogP contribution is 2.21. The molecule has 0 unspecified atom stereocenters. The minimum atomic E-state index is -2.94. The van der Waals surface area contributed by atoms with E-state index in [1.165, 1.54) is 0 Å². The van der Waals surface area contributed by atoms with E-state index in [2.05, 4.69) is 15.3 Å². The highest BCUT2D eigenvalue weighted by molar-refractivity contribution is 7.90. The zero-order valence-corrected chi connectivity index (χ0v) is 11.7. The number of nitrogens with one attached hydrogen (secondary N) is 1. The molecule has 0 radical (unpaired) electrons. The first-order valence-electron chi connectivity index (χ1n) is 6.22. The average molecular weight is 269 g/mol. The zero-order valence-electron chi connectivity index (χ0n) is 10.9. The molecule has 6 heteroatoms. The van der Waals surface area contributed by atoms with Crippen LogP contribution in [0.15, 0.2) is 0 Å². The van der Waals surface area contributed by atoms with Crippen LogP contribution >= 0.6 is 0 Å². The van der Waals surface area contributed by atoms with Crippen molar-refractivity contribution in [3.8, 4) is 0 Å². The first kappa shape index (κ1) is 13.4. The predicted molar refractivity (Wildman–Crippen MR) is 70.2 cm³/mol. The lowest BCUT2D eigenvalue weighted by atomic mass is 10.1. The van der Waals surface area contributed by atoms with Crippen LogP contribution in [0.4, 0.5) is 0 Å². The molecular weight excluding hydrogens is 250 g/mol. The molecule has 1 aliphatic rings. The molecule has 1 aliphatic heterocycles. The van der Waals surface area contributed by atoms with E-state index in [1.54, 1.807) is 0 Å². The van der Waals surface area contributed by atoms with Crippen LogP contribution in [0.1, 0.15) is 29.2 Å². The van der Waals surface area contributed by atoms with E-state index >= 15 is 0 Å². The fourth-order valence-corrected chi connectivity index (χ4v) is 3.66. The van der Waals surface area contributed by atoms with Crippen LogP contribution in [0.5, 0.6) is 0 Å². The molecule has 0 saturated carbocycles. The summed E-state index contributed by atoms with van der Waals surface area (Å²) in [5.41, 5.74) is 2.57. The summed E-state index contributed by atoms with van der Waals surface area (Å²) in [6.07, 6.45) is 2.36. The molecule has 0 atom stereocenters. The van der Waals surface area contributed by atoms with E-state index in [0.717, 1.165) is 42.2 Å². The van der Waals surface area contributed by atoms with Gasteiger partial charge in [-0.25, -0.2) is 18.4 Å². The fourth-order valence-electron chi connectivity index (χ4n) is 2.19. The molecule has 0 saturated heterocycles. The van der Waals surface area contributed by atoms with Crippen molar-refractivity contribution >= 4 is 9.84 Å². The molecule has 18 heavy (non-hydrogen) atoms. The van der Waals surface area contributed by atoms with Gasteiger partial charge in [-0.3, -0.25) is 0 Å². The van der Waals surface area contributed by atoms with Crippen LogP contribution < -0.4 is 5.32 Å². The Kier molecular flexibility index (Phi) is 3.97. The van der Waals surface area contributed by atoms with Gasteiger partial charge in [0.1, 0.15) is 5.82 Å². The van der Waals surface area contributed by atoms with E-state index < -0.39 is 9.84 Å². The van der Waals surface area contributed by atoms with Gasteiger partial charge in [0.2, 0.25) is 0 Å². The molecule has 1 aromatic heterocycles. The minimum Gasteiger partial charge on any atom is -0.320 e. The largest absolute Gasteiger partial charge is 0.320 e. The SMILES string of the molecule is CNCCCc1nc(C)c2c(n1)CCS(=O)(=O)C2. The van der Waals surface area contributed by atoms with Crippen LogP contribution in [0.25, 0.3) is 0 Å². The number of hydrogen-bond donors (Lipinski definition) is 1. The summed E-state index contributed by atoms with van der Waals surface area (Å²) < 4.78 is 23.2. The first-order valence-corrected chi connectivity index (χ1v) is 8.04. The van der Waals surface area contributed by atoms with Gasteiger partial charge in [0.25, 0.3) is 0 Å². The van der Waals surface area contributed by atoms with Crippen LogP contribution in [0.2, 0.25) is 0 Å². The van der Waals surface area contributed by atoms with E-state index in [4.69, 9.17) is 0 Å². The molecule has 0 amide bonds. The van der Waals surface area contributed by atoms with Crippen molar-refractivity contribution in [1.29, 1.82) is 0 Å². The highest BCUT2D eigenvalue weighted by atomic mass is 32.2. The number of hydrogen-bond acceptors (Lipinski definition) is 5. The summed E-state index contributed by atoms with van der Waals surface area (Å²) in [5.74, 6) is 1.15. The standard InChI is InChI=1S/C12H19N3O2S/c1-9-10-8-18(16,17)7-5-11(10)15-12(14-9)4-3-6-13-2/h13H,3-8H2,1-2H3. The zero-order chi connectivity index (χ0) is 13.2.